The minimum absolute atomic E-state index is 0.115. The summed E-state index contributed by atoms with van der Waals surface area (Å²) in [6, 6.07) is 7.56. The Balaban J connectivity index is 1.86. The van der Waals surface area contributed by atoms with Gasteiger partial charge in [0.15, 0.2) is 11.5 Å². The van der Waals surface area contributed by atoms with Crippen LogP contribution in [0.15, 0.2) is 42.1 Å². The van der Waals surface area contributed by atoms with E-state index in [4.69, 9.17) is 9.47 Å². The maximum Gasteiger partial charge on any atom is 0.282 e. The first-order valence-corrected chi connectivity index (χ1v) is 10.1. The lowest BCUT2D eigenvalue weighted by Crippen LogP contribution is -2.46. The third-order valence-corrected chi connectivity index (χ3v) is 5.70. The van der Waals surface area contributed by atoms with Crippen LogP contribution in [0.25, 0.3) is 5.57 Å². The third kappa shape index (κ3) is 3.69. The molecule has 7 nitrogen and oxygen atoms in total. The molecule has 4 rings (SSSR count). The van der Waals surface area contributed by atoms with Crippen molar-refractivity contribution in [1.82, 2.24) is 9.80 Å². The molecule has 0 bridgehead atoms. The summed E-state index contributed by atoms with van der Waals surface area (Å²) in [5.41, 5.74) is 0.291. The fourth-order valence-electron chi connectivity index (χ4n) is 3.97. The highest BCUT2D eigenvalue weighted by Gasteiger charge is 2.44. The number of amides is 2. The number of carbonyl (C=O) groups excluding carboxylic acids is 2. The standard InChI is InChI=1S/C23H23F2N3O4/c1-26-8-10-27(11-9-26)21-20(14-4-7-18(31-2)19(12-14)32-3)22(29)28(23(21)30)17-13-15(24)5-6-16(17)25/h4-7,12-13H,8-11H2,1-3H3. The third-order valence-electron chi connectivity index (χ3n) is 5.70. The normalized spacial score (nSPS) is 17.4. The molecule has 1 fully saturated rings. The summed E-state index contributed by atoms with van der Waals surface area (Å²) in [6.45, 7) is 2.42. The van der Waals surface area contributed by atoms with Crippen LogP contribution in [0.5, 0.6) is 11.5 Å². The Morgan fingerprint density at radius 1 is 0.844 bits per heavy atom. The minimum Gasteiger partial charge on any atom is -0.493 e. The van der Waals surface area contributed by atoms with E-state index in [1.807, 2.05) is 11.9 Å². The van der Waals surface area contributed by atoms with E-state index in [0.29, 0.717) is 48.1 Å². The smallest absolute Gasteiger partial charge is 0.282 e. The van der Waals surface area contributed by atoms with Crippen molar-refractivity contribution in [3.05, 3.63) is 59.3 Å². The van der Waals surface area contributed by atoms with Gasteiger partial charge in [-0.3, -0.25) is 9.59 Å². The molecular weight excluding hydrogens is 420 g/mol. The van der Waals surface area contributed by atoms with E-state index in [9.17, 15) is 18.4 Å². The number of anilines is 1. The SMILES string of the molecule is COc1ccc(C2=C(N3CCN(C)CC3)C(=O)N(c3cc(F)ccc3F)C2=O)cc1OC. The first-order valence-electron chi connectivity index (χ1n) is 10.1. The summed E-state index contributed by atoms with van der Waals surface area (Å²) in [7, 11) is 4.93. The molecule has 2 aromatic rings. The number of rotatable bonds is 5. The number of piperazine rings is 1. The average Bonchev–Trinajstić information content (AvgIpc) is 3.05. The van der Waals surface area contributed by atoms with Crippen LogP contribution >= 0.6 is 0 Å². The van der Waals surface area contributed by atoms with Crippen molar-refractivity contribution in [2.45, 2.75) is 0 Å². The number of hydrogen-bond acceptors (Lipinski definition) is 6. The molecule has 2 heterocycles. The molecule has 32 heavy (non-hydrogen) atoms. The van der Waals surface area contributed by atoms with E-state index in [0.717, 1.165) is 18.2 Å². The van der Waals surface area contributed by atoms with Gasteiger partial charge in [-0.15, -0.1) is 0 Å². The molecule has 9 heteroatoms. The number of ether oxygens (including phenoxy) is 2. The van der Waals surface area contributed by atoms with Crippen LogP contribution in [0.1, 0.15) is 5.56 Å². The number of likely N-dealkylation sites (N-methyl/N-ethyl adjacent to an activating group) is 1. The summed E-state index contributed by atoms with van der Waals surface area (Å²) in [6.07, 6.45) is 0. The molecule has 0 unspecified atom stereocenters. The predicted octanol–water partition coefficient (Wildman–Crippen LogP) is 2.51. The monoisotopic (exact) mass is 443 g/mol. The first kappa shape index (κ1) is 21.8. The Morgan fingerprint density at radius 3 is 2.19 bits per heavy atom. The van der Waals surface area contributed by atoms with E-state index in [1.165, 1.54) is 14.2 Å². The van der Waals surface area contributed by atoms with E-state index < -0.39 is 29.1 Å². The lowest BCUT2D eigenvalue weighted by atomic mass is 10.0. The number of halogens is 2. The van der Waals surface area contributed by atoms with Crippen LogP contribution in [-0.2, 0) is 9.59 Å². The van der Waals surface area contributed by atoms with Crippen molar-refractivity contribution in [2.24, 2.45) is 0 Å². The van der Waals surface area contributed by atoms with Gasteiger partial charge in [0.2, 0.25) is 0 Å². The van der Waals surface area contributed by atoms with E-state index in [-0.39, 0.29) is 11.3 Å². The molecule has 2 amide bonds. The molecule has 0 N–H and O–H groups in total. The highest BCUT2D eigenvalue weighted by molar-refractivity contribution is 6.45. The van der Waals surface area contributed by atoms with Crippen LogP contribution in [-0.4, -0.2) is 69.1 Å². The minimum atomic E-state index is -0.862. The van der Waals surface area contributed by atoms with Crippen molar-refractivity contribution < 1.29 is 27.8 Å². The Labute approximate surface area is 184 Å². The second-order valence-corrected chi connectivity index (χ2v) is 7.63. The van der Waals surface area contributed by atoms with Crippen molar-refractivity contribution in [3.8, 4) is 11.5 Å². The Morgan fingerprint density at radius 2 is 1.53 bits per heavy atom. The van der Waals surface area contributed by atoms with Gasteiger partial charge in [-0.2, -0.15) is 0 Å². The maximum absolute atomic E-state index is 14.5. The molecule has 168 valence electrons. The number of methoxy groups -OCH3 is 2. The van der Waals surface area contributed by atoms with Gasteiger partial charge >= 0.3 is 0 Å². The lowest BCUT2D eigenvalue weighted by molar-refractivity contribution is -0.120. The zero-order valence-electron chi connectivity index (χ0n) is 18.0. The molecule has 0 atom stereocenters. The summed E-state index contributed by atoms with van der Waals surface area (Å²) >= 11 is 0. The Hall–Kier alpha value is -3.46. The molecule has 1 saturated heterocycles. The number of carbonyl (C=O) groups is 2. The highest BCUT2D eigenvalue weighted by atomic mass is 19.1. The number of benzene rings is 2. The van der Waals surface area contributed by atoms with Crippen LogP contribution in [0.2, 0.25) is 0 Å². The van der Waals surface area contributed by atoms with E-state index in [2.05, 4.69) is 4.90 Å². The van der Waals surface area contributed by atoms with E-state index >= 15 is 0 Å². The van der Waals surface area contributed by atoms with Crippen LogP contribution < -0.4 is 14.4 Å². The second kappa shape index (κ2) is 8.58. The number of imide groups is 1. The number of nitrogens with zero attached hydrogens (tertiary/aromatic N) is 3. The topological polar surface area (TPSA) is 62.3 Å². The van der Waals surface area contributed by atoms with Crippen LogP contribution in [0.3, 0.4) is 0 Å². The van der Waals surface area contributed by atoms with Crippen molar-refractivity contribution >= 4 is 23.1 Å². The van der Waals surface area contributed by atoms with Crippen molar-refractivity contribution in [1.29, 1.82) is 0 Å². The highest BCUT2D eigenvalue weighted by Crippen LogP contribution is 2.39. The molecule has 0 aliphatic carbocycles. The summed E-state index contributed by atoms with van der Waals surface area (Å²) in [4.78, 5) is 31.6. The maximum atomic E-state index is 14.5. The van der Waals surface area contributed by atoms with Gasteiger partial charge in [-0.1, -0.05) is 6.07 Å². The molecule has 0 spiro atoms. The Kier molecular flexibility index (Phi) is 5.84. The van der Waals surface area contributed by atoms with Crippen molar-refractivity contribution in [3.63, 3.8) is 0 Å². The largest absolute Gasteiger partial charge is 0.493 e. The molecule has 2 aliphatic rings. The molecule has 0 radical (unpaired) electrons. The summed E-state index contributed by atoms with van der Waals surface area (Å²) in [5.74, 6) is -2.18. The van der Waals surface area contributed by atoms with Crippen LogP contribution in [0, 0.1) is 11.6 Å². The molecule has 0 saturated carbocycles. The fraction of sp³-hybridized carbons (Fsp3) is 0.304. The quantitative estimate of drug-likeness (QED) is 0.662. The fourth-order valence-corrected chi connectivity index (χ4v) is 3.97. The van der Waals surface area contributed by atoms with Gasteiger partial charge in [0, 0.05) is 32.2 Å². The van der Waals surface area contributed by atoms with Gasteiger partial charge in [0.05, 0.1) is 25.5 Å². The van der Waals surface area contributed by atoms with E-state index in [1.54, 1.807) is 18.2 Å². The lowest BCUT2D eigenvalue weighted by Gasteiger charge is -2.34. The molecule has 0 aromatic heterocycles. The Bertz CT molecular complexity index is 1110. The molecule has 2 aliphatic heterocycles. The molecular formula is C23H23F2N3O4. The zero-order valence-corrected chi connectivity index (χ0v) is 18.0. The van der Waals surface area contributed by atoms with Gasteiger partial charge < -0.3 is 19.3 Å². The predicted molar refractivity (Wildman–Crippen MR) is 114 cm³/mol. The molecule has 2 aromatic carbocycles. The second-order valence-electron chi connectivity index (χ2n) is 7.63. The van der Waals surface area contributed by atoms with Gasteiger partial charge in [-0.25, -0.2) is 13.7 Å². The summed E-state index contributed by atoms with van der Waals surface area (Å²) < 4.78 is 39.0. The van der Waals surface area contributed by atoms with Gasteiger partial charge in [-0.05, 0) is 36.9 Å². The number of hydrogen-bond donors (Lipinski definition) is 0. The van der Waals surface area contributed by atoms with Gasteiger partial charge in [0.25, 0.3) is 11.8 Å². The average molecular weight is 443 g/mol. The zero-order chi connectivity index (χ0) is 23.0. The first-order chi connectivity index (χ1) is 15.3. The van der Waals surface area contributed by atoms with Crippen LogP contribution in [0.4, 0.5) is 14.5 Å². The van der Waals surface area contributed by atoms with Gasteiger partial charge in [0.1, 0.15) is 17.3 Å². The van der Waals surface area contributed by atoms with Crippen molar-refractivity contribution in [2.75, 3.05) is 52.3 Å². The summed E-state index contributed by atoms with van der Waals surface area (Å²) in [5, 5.41) is 0.